The molecule has 3 aromatic rings. The van der Waals surface area contributed by atoms with Gasteiger partial charge in [-0.3, -0.25) is 9.59 Å². The van der Waals surface area contributed by atoms with Crippen molar-refractivity contribution in [3.05, 3.63) is 89.0 Å². The molecule has 2 amide bonds. The molecule has 35 heavy (non-hydrogen) atoms. The number of alkyl halides is 3. The summed E-state index contributed by atoms with van der Waals surface area (Å²) >= 11 is 0.862. The lowest BCUT2D eigenvalue weighted by Gasteiger charge is -2.19. The maximum Gasteiger partial charge on any atom is 0.422 e. The van der Waals surface area contributed by atoms with Crippen molar-refractivity contribution in [1.82, 2.24) is 0 Å². The molecule has 3 aromatic carbocycles. The Morgan fingerprint density at radius 1 is 0.829 bits per heavy atom. The van der Waals surface area contributed by atoms with Crippen LogP contribution >= 0.6 is 11.8 Å². The van der Waals surface area contributed by atoms with Gasteiger partial charge in [-0.2, -0.15) is 13.2 Å². The zero-order chi connectivity index (χ0) is 25.9. The van der Waals surface area contributed by atoms with Gasteiger partial charge in [0.1, 0.15) is 16.5 Å². The molecule has 184 valence electrons. The lowest BCUT2D eigenvalue weighted by molar-refractivity contribution is -0.143. The van der Waals surface area contributed by atoms with Gasteiger partial charge in [0.2, 0.25) is 11.8 Å². The van der Waals surface area contributed by atoms with Crippen molar-refractivity contribution in [1.29, 1.82) is 0 Å². The molecule has 0 radical (unpaired) electrons. The molecule has 0 aliphatic carbocycles. The number of thioether (sulfide) groups is 1. The second-order valence-corrected chi connectivity index (χ2v) is 8.29. The maximum atomic E-state index is 14.3. The minimum Gasteiger partial charge on any atom is -0.326 e. The fourth-order valence-electron chi connectivity index (χ4n) is 3.07. The highest BCUT2D eigenvalue weighted by Crippen LogP contribution is 2.40. The first-order valence-electron chi connectivity index (χ1n) is 9.73. The molecule has 0 aromatic heterocycles. The number of carbonyl (C=O) groups excluding carboxylic acids is 2. The lowest BCUT2D eigenvalue weighted by atomic mass is 10.1. The molecule has 12 heteroatoms. The predicted molar refractivity (Wildman–Crippen MR) is 116 cm³/mol. The number of anilines is 2. The Bertz CT molecular complexity index is 1240. The Balaban J connectivity index is 2.00. The van der Waals surface area contributed by atoms with Gasteiger partial charge in [0.25, 0.3) is 0 Å². The van der Waals surface area contributed by atoms with Crippen LogP contribution in [0.1, 0.15) is 23.3 Å². The van der Waals surface area contributed by atoms with E-state index in [-0.39, 0.29) is 5.91 Å². The van der Waals surface area contributed by atoms with Gasteiger partial charge in [0.05, 0.1) is 0 Å². The van der Waals surface area contributed by atoms with Crippen LogP contribution in [0.3, 0.4) is 0 Å². The molecular weight excluding hydrogens is 501 g/mol. The van der Waals surface area contributed by atoms with Crippen LogP contribution in [0.15, 0.2) is 59.5 Å². The largest absolute Gasteiger partial charge is 0.422 e. The highest BCUT2D eigenvalue weighted by molar-refractivity contribution is 8.00. The molecule has 0 aliphatic heterocycles. The quantitative estimate of drug-likeness (QED) is 0.218. The van der Waals surface area contributed by atoms with Gasteiger partial charge in [-0.15, -0.1) is 11.8 Å². The van der Waals surface area contributed by atoms with E-state index in [9.17, 15) is 40.3 Å². The first kappa shape index (κ1) is 26.1. The average Bonchev–Trinajstić information content (AvgIpc) is 2.78. The molecule has 0 heterocycles. The van der Waals surface area contributed by atoms with Crippen molar-refractivity contribution in [3.8, 4) is 0 Å². The first-order chi connectivity index (χ1) is 16.4. The van der Waals surface area contributed by atoms with Gasteiger partial charge in [0, 0.05) is 17.5 Å². The first-order valence-corrected chi connectivity index (χ1v) is 10.6. The highest BCUT2D eigenvalue weighted by atomic mass is 32.2. The third kappa shape index (κ3) is 5.94. The number of halogens is 7. The van der Waals surface area contributed by atoms with Crippen LogP contribution < -0.4 is 10.6 Å². The average molecular weight is 516 g/mol. The number of rotatable bonds is 6. The summed E-state index contributed by atoms with van der Waals surface area (Å²) in [6, 6.07) is 13.9. The molecule has 2 N–H and O–H groups in total. The van der Waals surface area contributed by atoms with E-state index < -0.39 is 51.9 Å². The standard InChI is InChI=1S/C23H15F7N2O2S/c1-11(33)31-13-8-5-9-14(10-13)35-21(12-6-3-2-4-7-12)22(34)32-20-18(26)16(24)15(23(28,29)30)17(25)19(20)27/h2-10,21H,1H3,(H,31,33)(H,32,34). The van der Waals surface area contributed by atoms with Crippen molar-refractivity contribution in [3.63, 3.8) is 0 Å². The number of amides is 2. The third-order valence-corrected chi connectivity index (χ3v) is 5.79. The van der Waals surface area contributed by atoms with E-state index in [2.05, 4.69) is 5.32 Å². The monoisotopic (exact) mass is 516 g/mol. The van der Waals surface area contributed by atoms with E-state index in [1.807, 2.05) is 0 Å². The summed E-state index contributed by atoms with van der Waals surface area (Å²) in [6.07, 6.45) is -5.71. The molecule has 0 spiro atoms. The van der Waals surface area contributed by atoms with Crippen LogP contribution in [0.5, 0.6) is 0 Å². The van der Waals surface area contributed by atoms with Gasteiger partial charge in [-0.05, 0) is 23.8 Å². The van der Waals surface area contributed by atoms with Crippen LogP contribution in [0.25, 0.3) is 0 Å². The molecule has 0 saturated heterocycles. The van der Waals surface area contributed by atoms with E-state index in [4.69, 9.17) is 0 Å². The summed E-state index contributed by atoms with van der Waals surface area (Å²) in [5.41, 5.74) is -3.73. The maximum absolute atomic E-state index is 14.3. The van der Waals surface area contributed by atoms with Gasteiger partial charge >= 0.3 is 6.18 Å². The van der Waals surface area contributed by atoms with Gasteiger partial charge in [-0.1, -0.05) is 36.4 Å². The van der Waals surface area contributed by atoms with E-state index in [0.717, 1.165) is 11.8 Å². The smallest absolute Gasteiger partial charge is 0.326 e. The Morgan fingerprint density at radius 2 is 1.43 bits per heavy atom. The van der Waals surface area contributed by atoms with E-state index >= 15 is 0 Å². The number of hydrogen-bond acceptors (Lipinski definition) is 3. The zero-order valence-electron chi connectivity index (χ0n) is 17.6. The third-order valence-electron chi connectivity index (χ3n) is 4.54. The summed E-state index contributed by atoms with van der Waals surface area (Å²) < 4.78 is 95.1. The topological polar surface area (TPSA) is 58.2 Å². The number of hydrogen-bond donors (Lipinski definition) is 2. The van der Waals surface area contributed by atoms with Crippen molar-refractivity contribution in [2.45, 2.75) is 23.2 Å². The Hall–Kier alpha value is -3.54. The van der Waals surface area contributed by atoms with Crippen molar-refractivity contribution < 1.29 is 40.3 Å². The zero-order valence-corrected chi connectivity index (χ0v) is 18.5. The molecule has 1 unspecified atom stereocenters. The fraction of sp³-hybridized carbons (Fsp3) is 0.130. The molecule has 0 saturated carbocycles. The molecule has 0 fully saturated rings. The number of nitrogens with one attached hydrogen (secondary N) is 2. The summed E-state index contributed by atoms with van der Waals surface area (Å²) in [4.78, 5) is 24.7. The van der Waals surface area contributed by atoms with E-state index in [0.29, 0.717) is 16.1 Å². The summed E-state index contributed by atoms with van der Waals surface area (Å²) in [7, 11) is 0. The normalized spacial score (nSPS) is 12.2. The Kier molecular flexibility index (Phi) is 7.73. The minimum atomic E-state index is -5.71. The van der Waals surface area contributed by atoms with Crippen LogP contribution in [0.2, 0.25) is 0 Å². The van der Waals surface area contributed by atoms with Gasteiger partial charge < -0.3 is 10.6 Å². The molecular formula is C23H15F7N2O2S. The van der Waals surface area contributed by atoms with Crippen LogP contribution in [-0.4, -0.2) is 11.8 Å². The van der Waals surface area contributed by atoms with E-state index in [1.54, 1.807) is 41.7 Å². The number of carbonyl (C=O) groups is 2. The molecule has 4 nitrogen and oxygen atoms in total. The minimum absolute atomic E-state index is 0.314. The van der Waals surface area contributed by atoms with Crippen LogP contribution in [-0.2, 0) is 15.8 Å². The fourth-order valence-corrected chi connectivity index (χ4v) is 4.15. The van der Waals surface area contributed by atoms with Crippen LogP contribution in [0.4, 0.5) is 42.1 Å². The summed E-state index contributed by atoms with van der Waals surface area (Å²) in [5.74, 6) is -11.7. The Labute approximate surface area is 198 Å². The highest BCUT2D eigenvalue weighted by Gasteiger charge is 2.42. The van der Waals surface area contributed by atoms with Crippen molar-refractivity contribution in [2.24, 2.45) is 0 Å². The molecule has 1 atom stereocenters. The van der Waals surface area contributed by atoms with E-state index in [1.165, 1.54) is 25.1 Å². The SMILES string of the molecule is CC(=O)Nc1cccc(SC(C(=O)Nc2c(F)c(F)c(C(F)(F)F)c(F)c2F)c2ccccc2)c1. The van der Waals surface area contributed by atoms with Crippen molar-refractivity contribution >= 4 is 35.0 Å². The lowest BCUT2D eigenvalue weighted by Crippen LogP contribution is -2.23. The van der Waals surface area contributed by atoms with Crippen molar-refractivity contribution in [2.75, 3.05) is 10.6 Å². The van der Waals surface area contributed by atoms with Gasteiger partial charge in [-0.25, -0.2) is 17.6 Å². The molecule has 0 bridgehead atoms. The van der Waals surface area contributed by atoms with Crippen LogP contribution in [0, 0.1) is 23.3 Å². The molecule has 0 aliphatic rings. The predicted octanol–water partition coefficient (Wildman–Crippen LogP) is 6.69. The second kappa shape index (κ2) is 10.4. The summed E-state index contributed by atoms with van der Waals surface area (Å²) in [5, 5.41) is 2.97. The summed E-state index contributed by atoms with van der Waals surface area (Å²) in [6.45, 7) is 1.28. The van der Waals surface area contributed by atoms with Gasteiger partial charge in [0.15, 0.2) is 23.3 Å². The second-order valence-electron chi connectivity index (χ2n) is 7.11. The Morgan fingerprint density at radius 3 is 1.97 bits per heavy atom. The number of benzene rings is 3. The molecule has 3 rings (SSSR count).